The van der Waals surface area contributed by atoms with Crippen molar-refractivity contribution in [3.63, 3.8) is 0 Å². The first-order valence-electron chi connectivity index (χ1n) is 6.83. The van der Waals surface area contributed by atoms with E-state index in [1.807, 2.05) is 0 Å². The average Bonchev–Trinajstić information content (AvgIpc) is 2.38. The normalized spacial score (nSPS) is 24.8. The third-order valence-corrected chi connectivity index (χ3v) is 4.86. The highest BCUT2D eigenvalue weighted by atomic mass is 79.9. The van der Waals surface area contributed by atoms with Crippen LogP contribution in [0.5, 0.6) is 0 Å². The van der Waals surface area contributed by atoms with Gasteiger partial charge in [0, 0.05) is 23.1 Å². The molecule has 1 aromatic carbocycles. The van der Waals surface area contributed by atoms with Crippen molar-refractivity contribution in [2.75, 3.05) is 13.1 Å². The van der Waals surface area contributed by atoms with E-state index in [-0.39, 0.29) is 0 Å². The minimum Gasteiger partial charge on any atom is -0.328 e. The van der Waals surface area contributed by atoms with Crippen molar-refractivity contribution in [1.82, 2.24) is 4.90 Å². The summed E-state index contributed by atoms with van der Waals surface area (Å²) in [5, 5.41) is 0. The highest BCUT2D eigenvalue weighted by Gasteiger charge is 2.26. The summed E-state index contributed by atoms with van der Waals surface area (Å²) in [7, 11) is 0. The molecule has 18 heavy (non-hydrogen) atoms. The quantitative estimate of drug-likeness (QED) is 0.924. The second-order valence-electron chi connectivity index (χ2n) is 5.45. The highest BCUT2D eigenvalue weighted by molar-refractivity contribution is 9.10. The van der Waals surface area contributed by atoms with Crippen molar-refractivity contribution < 1.29 is 0 Å². The number of nitrogens with zero attached hydrogens (tertiary/aromatic N) is 1. The van der Waals surface area contributed by atoms with Crippen LogP contribution in [0.25, 0.3) is 0 Å². The minimum absolute atomic E-state index is 0.305. The SMILES string of the molecule is CC(N)C1CCCN(C(C)c2ccccc2Br)C1. The Hall–Kier alpha value is -0.380. The van der Waals surface area contributed by atoms with Gasteiger partial charge in [-0.2, -0.15) is 0 Å². The molecular formula is C15H23BrN2. The number of nitrogens with two attached hydrogens (primary N) is 1. The number of likely N-dealkylation sites (tertiary alicyclic amines) is 1. The predicted molar refractivity (Wildman–Crippen MR) is 80.5 cm³/mol. The fraction of sp³-hybridized carbons (Fsp3) is 0.600. The largest absolute Gasteiger partial charge is 0.328 e. The molecule has 1 fully saturated rings. The first kappa shape index (κ1) is 14.0. The number of benzene rings is 1. The zero-order valence-electron chi connectivity index (χ0n) is 11.3. The van der Waals surface area contributed by atoms with Crippen LogP contribution >= 0.6 is 15.9 Å². The molecule has 0 bridgehead atoms. The van der Waals surface area contributed by atoms with Crippen molar-refractivity contribution in [2.24, 2.45) is 11.7 Å². The molecule has 0 amide bonds. The van der Waals surface area contributed by atoms with Crippen LogP contribution in [0, 0.1) is 5.92 Å². The van der Waals surface area contributed by atoms with Crippen molar-refractivity contribution in [3.8, 4) is 0 Å². The molecule has 0 aliphatic carbocycles. The second-order valence-corrected chi connectivity index (χ2v) is 6.31. The van der Waals surface area contributed by atoms with Crippen molar-refractivity contribution in [1.29, 1.82) is 0 Å². The van der Waals surface area contributed by atoms with Crippen LogP contribution in [0.2, 0.25) is 0 Å². The molecule has 0 radical (unpaired) electrons. The third kappa shape index (κ3) is 3.14. The lowest BCUT2D eigenvalue weighted by Gasteiger charge is -2.38. The van der Waals surface area contributed by atoms with Gasteiger partial charge in [-0.05, 0) is 50.8 Å². The van der Waals surface area contributed by atoms with E-state index in [2.05, 4.69) is 58.9 Å². The smallest absolute Gasteiger partial charge is 0.0331 e. The molecule has 0 aromatic heterocycles. The first-order chi connectivity index (χ1) is 8.59. The molecule has 1 aliphatic rings. The maximum absolute atomic E-state index is 6.06. The number of piperidine rings is 1. The van der Waals surface area contributed by atoms with Gasteiger partial charge in [0.2, 0.25) is 0 Å². The Morgan fingerprint density at radius 1 is 1.33 bits per heavy atom. The number of rotatable bonds is 3. The van der Waals surface area contributed by atoms with Crippen molar-refractivity contribution in [3.05, 3.63) is 34.3 Å². The summed E-state index contributed by atoms with van der Waals surface area (Å²) in [6.45, 7) is 6.74. The van der Waals surface area contributed by atoms with Gasteiger partial charge in [0.05, 0.1) is 0 Å². The Bertz CT molecular complexity index is 392. The Morgan fingerprint density at radius 3 is 2.72 bits per heavy atom. The molecule has 0 saturated carbocycles. The van der Waals surface area contributed by atoms with Crippen LogP contribution < -0.4 is 5.73 Å². The van der Waals surface area contributed by atoms with E-state index in [4.69, 9.17) is 5.73 Å². The first-order valence-corrected chi connectivity index (χ1v) is 7.63. The molecule has 2 rings (SSSR count). The van der Waals surface area contributed by atoms with Gasteiger partial charge in [-0.15, -0.1) is 0 Å². The van der Waals surface area contributed by atoms with E-state index < -0.39 is 0 Å². The summed E-state index contributed by atoms with van der Waals surface area (Å²) in [6, 6.07) is 9.29. The van der Waals surface area contributed by atoms with Gasteiger partial charge in [-0.1, -0.05) is 34.1 Å². The zero-order chi connectivity index (χ0) is 13.1. The summed E-state index contributed by atoms with van der Waals surface area (Å²) in [5.41, 5.74) is 7.44. The molecule has 1 heterocycles. The Morgan fingerprint density at radius 2 is 2.06 bits per heavy atom. The summed E-state index contributed by atoms with van der Waals surface area (Å²) in [4.78, 5) is 2.57. The van der Waals surface area contributed by atoms with Gasteiger partial charge >= 0.3 is 0 Å². The Kier molecular flexibility index (Phi) is 4.82. The Balaban J connectivity index is 2.09. The molecule has 3 unspecified atom stereocenters. The van der Waals surface area contributed by atoms with E-state index in [1.165, 1.54) is 29.4 Å². The molecule has 3 heteroatoms. The highest BCUT2D eigenvalue weighted by Crippen LogP contribution is 2.31. The standard InChI is InChI=1S/C15H23BrN2/c1-11(17)13-6-5-9-18(10-13)12(2)14-7-3-4-8-15(14)16/h3-4,7-8,11-13H,5-6,9-10,17H2,1-2H3. The van der Waals surface area contributed by atoms with Crippen LogP contribution in [0.4, 0.5) is 0 Å². The molecule has 0 spiro atoms. The molecule has 1 aliphatic heterocycles. The van der Waals surface area contributed by atoms with Gasteiger partial charge in [0.15, 0.2) is 0 Å². The monoisotopic (exact) mass is 310 g/mol. The summed E-state index contributed by atoms with van der Waals surface area (Å²) in [5.74, 6) is 0.642. The number of hydrogen-bond donors (Lipinski definition) is 1. The lowest BCUT2D eigenvalue weighted by Crippen LogP contribution is -2.43. The van der Waals surface area contributed by atoms with Gasteiger partial charge in [0.1, 0.15) is 0 Å². The maximum atomic E-state index is 6.06. The van der Waals surface area contributed by atoms with E-state index in [0.717, 1.165) is 6.54 Å². The zero-order valence-corrected chi connectivity index (χ0v) is 12.9. The van der Waals surface area contributed by atoms with Crippen LogP contribution in [0.1, 0.15) is 38.3 Å². The second kappa shape index (κ2) is 6.18. The maximum Gasteiger partial charge on any atom is 0.0331 e. The third-order valence-electron chi connectivity index (χ3n) is 4.14. The fourth-order valence-electron chi connectivity index (χ4n) is 2.83. The molecule has 2 N–H and O–H groups in total. The average molecular weight is 311 g/mol. The van der Waals surface area contributed by atoms with Crippen LogP contribution in [-0.4, -0.2) is 24.0 Å². The van der Waals surface area contributed by atoms with E-state index in [1.54, 1.807) is 0 Å². The van der Waals surface area contributed by atoms with Crippen LogP contribution in [-0.2, 0) is 0 Å². The minimum atomic E-state index is 0.305. The molecule has 1 aromatic rings. The van der Waals surface area contributed by atoms with E-state index >= 15 is 0 Å². The topological polar surface area (TPSA) is 29.3 Å². The van der Waals surface area contributed by atoms with Crippen molar-refractivity contribution in [2.45, 2.75) is 38.8 Å². The number of halogens is 1. The van der Waals surface area contributed by atoms with E-state index in [9.17, 15) is 0 Å². The summed E-state index contributed by atoms with van der Waals surface area (Å²) >= 11 is 3.66. The molecule has 1 saturated heterocycles. The number of hydrogen-bond acceptors (Lipinski definition) is 2. The lowest BCUT2D eigenvalue weighted by molar-refractivity contribution is 0.121. The Labute approximate surface area is 119 Å². The van der Waals surface area contributed by atoms with Gasteiger partial charge in [-0.3, -0.25) is 4.90 Å². The van der Waals surface area contributed by atoms with Crippen LogP contribution in [0.15, 0.2) is 28.7 Å². The van der Waals surface area contributed by atoms with Gasteiger partial charge in [0.25, 0.3) is 0 Å². The molecule has 100 valence electrons. The summed E-state index contributed by atoms with van der Waals surface area (Å²) in [6.07, 6.45) is 2.54. The molecular weight excluding hydrogens is 288 g/mol. The van der Waals surface area contributed by atoms with Crippen LogP contribution in [0.3, 0.4) is 0 Å². The fourth-order valence-corrected chi connectivity index (χ4v) is 3.45. The molecule has 2 nitrogen and oxygen atoms in total. The van der Waals surface area contributed by atoms with E-state index in [0.29, 0.717) is 18.0 Å². The van der Waals surface area contributed by atoms with Crippen molar-refractivity contribution >= 4 is 15.9 Å². The lowest BCUT2D eigenvalue weighted by atomic mass is 9.90. The molecule has 3 atom stereocenters. The summed E-state index contributed by atoms with van der Waals surface area (Å²) < 4.78 is 1.21. The predicted octanol–water partition coefficient (Wildman–Crippen LogP) is 3.57. The van der Waals surface area contributed by atoms with Gasteiger partial charge < -0.3 is 5.73 Å². The van der Waals surface area contributed by atoms with Gasteiger partial charge in [-0.25, -0.2) is 0 Å².